The van der Waals surface area contributed by atoms with E-state index >= 15 is 0 Å². The van der Waals surface area contributed by atoms with Crippen LogP contribution in [-0.2, 0) is 6.42 Å². The van der Waals surface area contributed by atoms with Crippen LogP contribution >= 0.6 is 0 Å². The van der Waals surface area contributed by atoms with Crippen LogP contribution in [0.3, 0.4) is 0 Å². The minimum absolute atomic E-state index is 0.390. The van der Waals surface area contributed by atoms with Gasteiger partial charge in [-0.25, -0.2) is 0 Å². The fraction of sp³-hybridized carbons (Fsp3) is 0.353. The van der Waals surface area contributed by atoms with Crippen LogP contribution in [0, 0.1) is 13.8 Å². The molecule has 100 valence electrons. The second-order valence-electron chi connectivity index (χ2n) is 5.12. The summed E-state index contributed by atoms with van der Waals surface area (Å²) >= 11 is 0. The van der Waals surface area contributed by atoms with E-state index in [1.54, 1.807) is 0 Å². The number of aryl methyl sites for hydroxylation is 2. The molecule has 2 aromatic rings. The maximum Gasteiger partial charge on any atom is 0.0292 e. The van der Waals surface area contributed by atoms with Gasteiger partial charge in [0, 0.05) is 18.4 Å². The molecule has 0 aliphatic rings. The predicted octanol–water partition coefficient (Wildman–Crippen LogP) is 3.59. The molecule has 0 amide bonds. The van der Waals surface area contributed by atoms with E-state index in [4.69, 9.17) is 0 Å². The van der Waals surface area contributed by atoms with Crippen LogP contribution in [0.25, 0.3) is 0 Å². The lowest BCUT2D eigenvalue weighted by Gasteiger charge is -2.15. The average molecular weight is 254 g/mol. The molecule has 0 aliphatic carbocycles. The topological polar surface area (TPSA) is 24.9 Å². The van der Waals surface area contributed by atoms with Crippen LogP contribution in [0.1, 0.15) is 35.2 Å². The summed E-state index contributed by atoms with van der Waals surface area (Å²) in [6, 6.07) is 11.2. The molecule has 0 spiro atoms. The number of benzene rings is 1. The third kappa shape index (κ3) is 3.90. The Labute approximate surface area is 115 Å². The van der Waals surface area contributed by atoms with Crippen molar-refractivity contribution < 1.29 is 0 Å². The van der Waals surface area contributed by atoms with Crippen LogP contribution in [0.5, 0.6) is 0 Å². The molecule has 0 bridgehead atoms. The Balaban J connectivity index is 1.87. The van der Waals surface area contributed by atoms with Crippen molar-refractivity contribution in [3.63, 3.8) is 0 Å². The van der Waals surface area contributed by atoms with E-state index in [0.29, 0.717) is 6.04 Å². The Hall–Kier alpha value is -1.67. The van der Waals surface area contributed by atoms with Crippen LogP contribution in [0.2, 0.25) is 0 Å². The number of pyridine rings is 1. The Morgan fingerprint density at radius 3 is 2.47 bits per heavy atom. The van der Waals surface area contributed by atoms with Gasteiger partial charge in [0.2, 0.25) is 0 Å². The van der Waals surface area contributed by atoms with Crippen molar-refractivity contribution in [1.82, 2.24) is 10.3 Å². The maximum absolute atomic E-state index is 4.03. The zero-order chi connectivity index (χ0) is 13.7. The summed E-state index contributed by atoms with van der Waals surface area (Å²) in [5.41, 5.74) is 5.40. The van der Waals surface area contributed by atoms with E-state index in [1.165, 1.54) is 22.3 Å². The van der Waals surface area contributed by atoms with E-state index in [0.717, 1.165) is 13.0 Å². The molecule has 2 heteroatoms. The van der Waals surface area contributed by atoms with Gasteiger partial charge in [-0.2, -0.15) is 0 Å². The highest BCUT2D eigenvalue weighted by Crippen LogP contribution is 2.16. The van der Waals surface area contributed by atoms with Gasteiger partial charge in [-0.15, -0.1) is 0 Å². The molecule has 1 heterocycles. The first-order valence-electron chi connectivity index (χ1n) is 6.86. The number of nitrogens with one attached hydrogen (secondary N) is 1. The monoisotopic (exact) mass is 254 g/mol. The number of nitrogens with zero attached hydrogens (tertiary/aromatic N) is 1. The Bertz CT molecular complexity index is 520. The summed E-state index contributed by atoms with van der Waals surface area (Å²) in [5, 5.41) is 3.57. The lowest BCUT2D eigenvalue weighted by molar-refractivity contribution is 0.576. The van der Waals surface area contributed by atoms with Crippen LogP contribution in [-0.4, -0.2) is 11.5 Å². The molecule has 1 N–H and O–H groups in total. The summed E-state index contributed by atoms with van der Waals surface area (Å²) in [4.78, 5) is 4.03. The van der Waals surface area contributed by atoms with Gasteiger partial charge in [-0.05, 0) is 68.1 Å². The van der Waals surface area contributed by atoms with Crippen molar-refractivity contribution in [2.45, 2.75) is 33.2 Å². The second kappa shape index (κ2) is 6.48. The third-order valence-corrected chi connectivity index (χ3v) is 3.64. The SMILES string of the molecule is Cc1ccc(C(C)NCCc2ccncc2)cc1C. The summed E-state index contributed by atoms with van der Waals surface area (Å²) in [6.45, 7) is 7.53. The van der Waals surface area contributed by atoms with Crippen LogP contribution in [0.15, 0.2) is 42.7 Å². The van der Waals surface area contributed by atoms with Crippen molar-refractivity contribution in [2.75, 3.05) is 6.54 Å². The first-order chi connectivity index (χ1) is 9.16. The largest absolute Gasteiger partial charge is 0.310 e. The fourth-order valence-corrected chi connectivity index (χ4v) is 2.13. The van der Waals surface area contributed by atoms with Crippen molar-refractivity contribution in [3.05, 3.63) is 65.0 Å². The van der Waals surface area contributed by atoms with Crippen molar-refractivity contribution in [3.8, 4) is 0 Å². The number of hydrogen-bond donors (Lipinski definition) is 1. The van der Waals surface area contributed by atoms with Gasteiger partial charge in [0.25, 0.3) is 0 Å². The van der Waals surface area contributed by atoms with E-state index in [9.17, 15) is 0 Å². The smallest absolute Gasteiger partial charge is 0.0292 e. The molecular weight excluding hydrogens is 232 g/mol. The Morgan fingerprint density at radius 1 is 1.05 bits per heavy atom. The molecule has 0 aliphatic heterocycles. The number of rotatable bonds is 5. The summed E-state index contributed by atoms with van der Waals surface area (Å²) < 4.78 is 0. The van der Waals surface area contributed by atoms with Gasteiger partial charge in [0.1, 0.15) is 0 Å². The maximum atomic E-state index is 4.03. The minimum atomic E-state index is 0.390. The zero-order valence-electron chi connectivity index (χ0n) is 12.0. The Kier molecular flexibility index (Phi) is 4.69. The van der Waals surface area contributed by atoms with Gasteiger partial charge < -0.3 is 5.32 Å². The molecule has 2 nitrogen and oxygen atoms in total. The molecule has 1 aromatic heterocycles. The molecule has 1 unspecified atom stereocenters. The molecule has 0 saturated carbocycles. The van der Waals surface area contributed by atoms with Crippen molar-refractivity contribution >= 4 is 0 Å². The molecule has 0 radical (unpaired) electrons. The predicted molar refractivity (Wildman–Crippen MR) is 80.3 cm³/mol. The highest BCUT2D eigenvalue weighted by Gasteiger charge is 2.05. The van der Waals surface area contributed by atoms with Crippen molar-refractivity contribution in [2.24, 2.45) is 0 Å². The summed E-state index contributed by atoms with van der Waals surface area (Å²) in [6.07, 6.45) is 4.74. The molecule has 0 saturated heterocycles. The number of hydrogen-bond acceptors (Lipinski definition) is 2. The van der Waals surface area contributed by atoms with Gasteiger partial charge in [0.15, 0.2) is 0 Å². The van der Waals surface area contributed by atoms with Gasteiger partial charge in [-0.3, -0.25) is 4.98 Å². The third-order valence-electron chi connectivity index (χ3n) is 3.64. The highest BCUT2D eigenvalue weighted by atomic mass is 14.9. The van der Waals surface area contributed by atoms with Crippen LogP contribution < -0.4 is 5.32 Å². The summed E-state index contributed by atoms with van der Waals surface area (Å²) in [5.74, 6) is 0. The average Bonchev–Trinajstić information content (AvgIpc) is 2.43. The molecule has 19 heavy (non-hydrogen) atoms. The number of aromatic nitrogens is 1. The second-order valence-corrected chi connectivity index (χ2v) is 5.12. The quantitative estimate of drug-likeness (QED) is 0.882. The minimum Gasteiger partial charge on any atom is -0.310 e. The summed E-state index contributed by atoms with van der Waals surface area (Å²) in [7, 11) is 0. The van der Waals surface area contributed by atoms with Gasteiger partial charge in [-0.1, -0.05) is 18.2 Å². The molecule has 2 rings (SSSR count). The highest BCUT2D eigenvalue weighted by molar-refractivity contribution is 5.31. The molecular formula is C17H22N2. The van der Waals surface area contributed by atoms with E-state index in [-0.39, 0.29) is 0 Å². The van der Waals surface area contributed by atoms with E-state index in [2.05, 4.69) is 61.4 Å². The molecule has 1 aromatic carbocycles. The molecule has 0 fully saturated rings. The molecule has 1 atom stereocenters. The van der Waals surface area contributed by atoms with Crippen LogP contribution in [0.4, 0.5) is 0 Å². The van der Waals surface area contributed by atoms with Gasteiger partial charge in [0.05, 0.1) is 0 Å². The first-order valence-corrected chi connectivity index (χ1v) is 6.86. The van der Waals surface area contributed by atoms with E-state index < -0.39 is 0 Å². The zero-order valence-corrected chi connectivity index (χ0v) is 12.0. The standard InChI is InChI=1S/C17H22N2/c1-13-4-5-17(12-14(13)2)15(3)19-11-8-16-6-9-18-10-7-16/h4-7,9-10,12,15,19H,8,11H2,1-3H3. The lowest BCUT2D eigenvalue weighted by atomic mass is 10.0. The lowest BCUT2D eigenvalue weighted by Crippen LogP contribution is -2.21. The normalized spacial score (nSPS) is 12.4. The first kappa shape index (κ1) is 13.8. The Morgan fingerprint density at radius 2 is 1.79 bits per heavy atom. The van der Waals surface area contributed by atoms with E-state index in [1.807, 2.05) is 12.4 Å². The van der Waals surface area contributed by atoms with Crippen molar-refractivity contribution in [1.29, 1.82) is 0 Å². The van der Waals surface area contributed by atoms with Gasteiger partial charge >= 0.3 is 0 Å². The fourth-order valence-electron chi connectivity index (χ4n) is 2.13.